The highest BCUT2D eigenvalue weighted by Gasteiger charge is 2.41. The van der Waals surface area contributed by atoms with E-state index in [0.717, 1.165) is 6.42 Å². The highest BCUT2D eigenvalue weighted by atomic mass is 16.6. The summed E-state index contributed by atoms with van der Waals surface area (Å²) in [6.07, 6.45) is 1.51. The summed E-state index contributed by atoms with van der Waals surface area (Å²) >= 11 is 0. The lowest BCUT2D eigenvalue weighted by Crippen LogP contribution is -2.49. The Bertz CT molecular complexity index is 538. The Morgan fingerprint density at radius 1 is 1.60 bits per heavy atom. The van der Waals surface area contributed by atoms with E-state index in [4.69, 9.17) is 4.74 Å². The zero-order chi connectivity index (χ0) is 14.8. The number of carboxylic acids is 1. The first kappa shape index (κ1) is 14.3. The van der Waals surface area contributed by atoms with E-state index in [1.165, 1.54) is 19.2 Å². The Morgan fingerprint density at radius 2 is 2.35 bits per heavy atom. The molecular formula is C13H16N2O5. The molecule has 2 rings (SSSR count). The summed E-state index contributed by atoms with van der Waals surface area (Å²) in [7, 11) is 1.36. The molecule has 1 fully saturated rings. The molecule has 0 saturated carbocycles. The number of benzene rings is 1. The van der Waals surface area contributed by atoms with Gasteiger partial charge in [0, 0.05) is 12.5 Å². The molecule has 1 unspecified atom stereocenters. The highest BCUT2D eigenvalue weighted by molar-refractivity contribution is 5.79. The Hall–Kier alpha value is -2.15. The number of ether oxygens (including phenoxy) is 1. The van der Waals surface area contributed by atoms with Crippen LogP contribution in [-0.2, 0) is 11.2 Å². The number of carbonyl (C=O) groups is 1. The molecule has 0 bridgehead atoms. The summed E-state index contributed by atoms with van der Waals surface area (Å²) in [6, 6.07) is 4.54. The van der Waals surface area contributed by atoms with E-state index >= 15 is 0 Å². The van der Waals surface area contributed by atoms with Gasteiger partial charge in [-0.15, -0.1) is 0 Å². The van der Waals surface area contributed by atoms with Gasteiger partial charge in [-0.3, -0.25) is 14.9 Å². The van der Waals surface area contributed by atoms with Gasteiger partial charge in [0.1, 0.15) is 5.54 Å². The maximum Gasteiger partial charge on any atom is 0.324 e. The maximum atomic E-state index is 11.4. The van der Waals surface area contributed by atoms with Crippen LogP contribution in [0.3, 0.4) is 0 Å². The van der Waals surface area contributed by atoms with Crippen LogP contribution in [0.4, 0.5) is 5.69 Å². The summed E-state index contributed by atoms with van der Waals surface area (Å²) in [5, 5.41) is 23.4. The lowest BCUT2D eigenvalue weighted by atomic mass is 9.89. The molecule has 1 saturated heterocycles. The molecule has 20 heavy (non-hydrogen) atoms. The predicted octanol–water partition coefficient (Wildman–Crippen LogP) is 1.35. The number of rotatable bonds is 5. The van der Waals surface area contributed by atoms with Crippen molar-refractivity contribution >= 4 is 11.7 Å². The van der Waals surface area contributed by atoms with Crippen LogP contribution in [0.5, 0.6) is 5.75 Å². The normalized spacial score (nSPS) is 21.6. The fourth-order valence-corrected chi connectivity index (χ4v) is 2.55. The van der Waals surface area contributed by atoms with Crippen LogP contribution in [0.1, 0.15) is 18.4 Å². The van der Waals surface area contributed by atoms with Gasteiger partial charge in [0.05, 0.1) is 12.0 Å². The Labute approximate surface area is 115 Å². The van der Waals surface area contributed by atoms with Crippen LogP contribution in [0.2, 0.25) is 0 Å². The molecule has 0 spiro atoms. The van der Waals surface area contributed by atoms with Crippen molar-refractivity contribution in [1.29, 1.82) is 0 Å². The third-order valence-electron chi connectivity index (χ3n) is 3.60. The van der Waals surface area contributed by atoms with Gasteiger partial charge in [-0.1, -0.05) is 6.07 Å². The van der Waals surface area contributed by atoms with Gasteiger partial charge >= 0.3 is 11.7 Å². The van der Waals surface area contributed by atoms with Crippen molar-refractivity contribution < 1.29 is 19.6 Å². The van der Waals surface area contributed by atoms with E-state index in [1.807, 2.05) is 0 Å². The lowest BCUT2D eigenvalue weighted by Gasteiger charge is -2.24. The van der Waals surface area contributed by atoms with Crippen LogP contribution in [-0.4, -0.2) is 35.2 Å². The van der Waals surface area contributed by atoms with E-state index < -0.39 is 16.4 Å². The van der Waals surface area contributed by atoms with Crippen LogP contribution in [0.25, 0.3) is 0 Å². The molecule has 0 aromatic heterocycles. The number of methoxy groups -OCH3 is 1. The third-order valence-corrected chi connectivity index (χ3v) is 3.60. The molecule has 0 radical (unpaired) electrons. The monoisotopic (exact) mass is 280 g/mol. The number of nitrogens with zero attached hydrogens (tertiary/aromatic N) is 1. The van der Waals surface area contributed by atoms with E-state index in [9.17, 15) is 20.0 Å². The Balaban J connectivity index is 2.31. The zero-order valence-electron chi connectivity index (χ0n) is 11.1. The van der Waals surface area contributed by atoms with Gasteiger partial charge in [0.2, 0.25) is 0 Å². The van der Waals surface area contributed by atoms with Crippen molar-refractivity contribution in [1.82, 2.24) is 5.32 Å². The fraction of sp³-hybridized carbons (Fsp3) is 0.462. The number of nitro groups is 1. The highest BCUT2D eigenvalue weighted by Crippen LogP contribution is 2.31. The van der Waals surface area contributed by atoms with Crippen LogP contribution < -0.4 is 10.1 Å². The van der Waals surface area contributed by atoms with Gasteiger partial charge in [0.25, 0.3) is 0 Å². The van der Waals surface area contributed by atoms with Crippen molar-refractivity contribution in [2.75, 3.05) is 13.7 Å². The molecule has 0 amide bonds. The maximum absolute atomic E-state index is 11.4. The van der Waals surface area contributed by atoms with E-state index in [1.54, 1.807) is 6.07 Å². The van der Waals surface area contributed by atoms with Crippen molar-refractivity contribution in [3.05, 3.63) is 33.9 Å². The number of nitro benzene ring substituents is 1. The smallest absolute Gasteiger partial charge is 0.324 e. The zero-order valence-corrected chi connectivity index (χ0v) is 11.1. The average molecular weight is 280 g/mol. The fourth-order valence-electron chi connectivity index (χ4n) is 2.55. The lowest BCUT2D eigenvalue weighted by molar-refractivity contribution is -0.385. The first-order valence-electron chi connectivity index (χ1n) is 6.28. The van der Waals surface area contributed by atoms with Crippen LogP contribution in [0, 0.1) is 10.1 Å². The molecular weight excluding hydrogens is 264 g/mol. The molecule has 0 aliphatic carbocycles. The van der Waals surface area contributed by atoms with Gasteiger partial charge in [-0.05, 0) is 31.0 Å². The second-order valence-electron chi connectivity index (χ2n) is 4.86. The van der Waals surface area contributed by atoms with E-state index in [0.29, 0.717) is 18.5 Å². The van der Waals surface area contributed by atoms with E-state index in [2.05, 4.69) is 5.32 Å². The van der Waals surface area contributed by atoms with Crippen molar-refractivity contribution in [3.63, 3.8) is 0 Å². The Kier molecular flexibility index (Phi) is 3.89. The number of hydrogen-bond donors (Lipinski definition) is 2. The second kappa shape index (κ2) is 5.46. The molecule has 108 valence electrons. The molecule has 1 aliphatic rings. The number of carboxylic acid groups (broad SMARTS) is 1. The van der Waals surface area contributed by atoms with Crippen molar-refractivity contribution in [3.8, 4) is 5.75 Å². The molecule has 1 aromatic rings. The largest absolute Gasteiger partial charge is 0.490 e. The SMILES string of the molecule is COc1ccc(CC2(C(=O)O)CCCN2)cc1[N+](=O)[O-]. The summed E-state index contributed by atoms with van der Waals surface area (Å²) in [6.45, 7) is 0.643. The summed E-state index contributed by atoms with van der Waals surface area (Å²) in [5.74, 6) is -0.754. The Morgan fingerprint density at radius 3 is 2.85 bits per heavy atom. The molecule has 7 nitrogen and oxygen atoms in total. The van der Waals surface area contributed by atoms with Gasteiger partial charge < -0.3 is 15.2 Å². The quantitative estimate of drug-likeness (QED) is 0.623. The first-order chi connectivity index (χ1) is 9.48. The molecule has 7 heteroatoms. The van der Waals surface area contributed by atoms with Gasteiger partial charge in [0.15, 0.2) is 5.75 Å². The minimum absolute atomic E-state index is 0.150. The molecule has 1 atom stereocenters. The summed E-state index contributed by atoms with van der Waals surface area (Å²) in [5.41, 5.74) is -0.569. The standard InChI is InChI=1S/C13H16N2O5/c1-20-11-4-3-9(7-10(11)15(18)19)8-13(12(16)17)5-2-6-14-13/h3-4,7,14H,2,5-6,8H2,1H3,(H,16,17). The number of nitrogens with one attached hydrogen (secondary N) is 1. The van der Waals surface area contributed by atoms with Gasteiger partial charge in [-0.2, -0.15) is 0 Å². The number of aliphatic carboxylic acids is 1. The van der Waals surface area contributed by atoms with E-state index in [-0.39, 0.29) is 17.9 Å². The molecule has 1 aliphatic heterocycles. The average Bonchev–Trinajstić information content (AvgIpc) is 2.88. The van der Waals surface area contributed by atoms with Gasteiger partial charge in [-0.25, -0.2) is 0 Å². The minimum atomic E-state index is -1.03. The van der Waals surface area contributed by atoms with Crippen molar-refractivity contribution in [2.24, 2.45) is 0 Å². The second-order valence-corrected chi connectivity index (χ2v) is 4.86. The topological polar surface area (TPSA) is 102 Å². The summed E-state index contributed by atoms with van der Waals surface area (Å²) in [4.78, 5) is 21.9. The predicted molar refractivity (Wildman–Crippen MR) is 71.0 cm³/mol. The molecule has 2 N–H and O–H groups in total. The molecule has 1 aromatic carbocycles. The summed E-state index contributed by atoms with van der Waals surface area (Å²) < 4.78 is 4.93. The third kappa shape index (κ3) is 2.57. The molecule has 1 heterocycles. The minimum Gasteiger partial charge on any atom is -0.490 e. The van der Waals surface area contributed by atoms with Crippen molar-refractivity contribution in [2.45, 2.75) is 24.8 Å². The van der Waals surface area contributed by atoms with Crippen LogP contribution in [0.15, 0.2) is 18.2 Å². The number of hydrogen-bond acceptors (Lipinski definition) is 5. The van der Waals surface area contributed by atoms with Crippen LogP contribution >= 0.6 is 0 Å². The first-order valence-corrected chi connectivity index (χ1v) is 6.28.